The van der Waals surface area contributed by atoms with Gasteiger partial charge in [0.15, 0.2) is 0 Å². The van der Waals surface area contributed by atoms with Crippen LogP contribution < -0.4 is 9.64 Å². The quantitative estimate of drug-likeness (QED) is 0.757. The zero-order chi connectivity index (χ0) is 13.5. The Bertz CT molecular complexity index is 404. The van der Waals surface area contributed by atoms with E-state index in [4.69, 9.17) is 9.84 Å². The molecule has 0 amide bonds. The smallest absolute Gasteiger partial charge is 0.303 e. The molecule has 0 radical (unpaired) electrons. The molecule has 1 aromatic carbocycles. The predicted molar refractivity (Wildman–Crippen MR) is 72.5 cm³/mol. The minimum absolute atomic E-state index is 0.246. The summed E-state index contributed by atoms with van der Waals surface area (Å²) in [6, 6.07) is 6.05. The van der Waals surface area contributed by atoms with Gasteiger partial charge < -0.3 is 14.7 Å². The number of nitrogens with zero attached hydrogens (tertiary/aromatic N) is 1. The predicted octanol–water partition coefficient (Wildman–Crippen LogP) is 2.69. The molecule has 100 valence electrons. The Labute approximate surface area is 108 Å². The van der Waals surface area contributed by atoms with Crippen LogP contribution in [0.2, 0.25) is 0 Å². The zero-order valence-electron chi connectivity index (χ0n) is 11.3. The molecule has 0 aliphatic carbocycles. The summed E-state index contributed by atoms with van der Waals surface area (Å²) in [7, 11) is 3.68. The summed E-state index contributed by atoms with van der Waals surface area (Å²) in [4.78, 5) is 12.5. The molecule has 0 saturated carbocycles. The molecule has 0 fully saturated rings. The van der Waals surface area contributed by atoms with E-state index in [0.29, 0.717) is 0 Å². The highest BCUT2D eigenvalue weighted by atomic mass is 16.5. The summed E-state index contributed by atoms with van der Waals surface area (Å²) in [6.07, 6.45) is 1.85. The summed E-state index contributed by atoms with van der Waals surface area (Å²) in [6.45, 7) is 2.87. The second kappa shape index (κ2) is 6.89. The maximum Gasteiger partial charge on any atom is 0.303 e. The molecular weight excluding hydrogens is 230 g/mol. The fraction of sp³-hybridized carbons (Fsp3) is 0.500. The number of rotatable bonds is 7. The van der Waals surface area contributed by atoms with Gasteiger partial charge in [-0.25, -0.2) is 0 Å². The SMILES string of the molecule is COc1ccc(N(C)CCCCC(=O)O)cc1C. The number of carbonyl (C=O) groups is 1. The third-order valence-electron chi connectivity index (χ3n) is 2.95. The molecule has 1 aromatic rings. The first kappa shape index (κ1) is 14.4. The van der Waals surface area contributed by atoms with Crippen LogP contribution in [0.3, 0.4) is 0 Å². The standard InChI is InChI=1S/C14H21NO3/c1-11-10-12(7-8-13(11)18-3)15(2)9-5-4-6-14(16)17/h7-8,10H,4-6,9H2,1-3H3,(H,16,17). The Morgan fingerprint density at radius 3 is 2.67 bits per heavy atom. The summed E-state index contributed by atoms with van der Waals surface area (Å²) in [5, 5.41) is 8.56. The average Bonchev–Trinajstić information content (AvgIpc) is 2.34. The van der Waals surface area contributed by atoms with Crippen molar-refractivity contribution in [3.05, 3.63) is 23.8 Å². The van der Waals surface area contributed by atoms with Gasteiger partial charge in [0, 0.05) is 25.7 Å². The average molecular weight is 251 g/mol. The number of anilines is 1. The van der Waals surface area contributed by atoms with E-state index < -0.39 is 5.97 Å². The summed E-state index contributed by atoms with van der Waals surface area (Å²) in [5.41, 5.74) is 2.23. The molecule has 0 aliphatic rings. The molecule has 18 heavy (non-hydrogen) atoms. The van der Waals surface area contributed by atoms with Crippen molar-refractivity contribution in [2.75, 3.05) is 25.6 Å². The Kier molecular flexibility index (Phi) is 5.49. The minimum atomic E-state index is -0.724. The molecule has 0 bridgehead atoms. The molecule has 0 aromatic heterocycles. The van der Waals surface area contributed by atoms with Crippen LogP contribution in [-0.4, -0.2) is 31.8 Å². The summed E-state index contributed by atoms with van der Waals surface area (Å²) < 4.78 is 5.22. The maximum atomic E-state index is 10.4. The number of ether oxygens (including phenoxy) is 1. The highest BCUT2D eigenvalue weighted by Gasteiger charge is 2.05. The van der Waals surface area contributed by atoms with Crippen molar-refractivity contribution in [2.24, 2.45) is 0 Å². The van der Waals surface area contributed by atoms with Crippen molar-refractivity contribution in [3.8, 4) is 5.75 Å². The lowest BCUT2D eigenvalue weighted by atomic mass is 10.1. The zero-order valence-corrected chi connectivity index (χ0v) is 11.3. The molecule has 0 heterocycles. The van der Waals surface area contributed by atoms with Gasteiger partial charge in [-0.3, -0.25) is 4.79 Å². The van der Waals surface area contributed by atoms with E-state index in [1.807, 2.05) is 26.1 Å². The maximum absolute atomic E-state index is 10.4. The van der Waals surface area contributed by atoms with Gasteiger partial charge in [-0.15, -0.1) is 0 Å². The fourth-order valence-corrected chi connectivity index (χ4v) is 1.85. The van der Waals surface area contributed by atoms with Crippen molar-refractivity contribution in [2.45, 2.75) is 26.2 Å². The first-order valence-corrected chi connectivity index (χ1v) is 6.12. The number of unbranched alkanes of at least 4 members (excludes halogenated alkanes) is 1. The highest BCUT2D eigenvalue weighted by Crippen LogP contribution is 2.23. The molecular formula is C14H21NO3. The van der Waals surface area contributed by atoms with Crippen LogP contribution in [0.15, 0.2) is 18.2 Å². The molecule has 4 heteroatoms. The number of hydrogen-bond acceptors (Lipinski definition) is 3. The summed E-state index contributed by atoms with van der Waals surface area (Å²) >= 11 is 0. The number of methoxy groups -OCH3 is 1. The first-order valence-electron chi connectivity index (χ1n) is 6.12. The Morgan fingerprint density at radius 2 is 2.11 bits per heavy atom. The van der Waals surface area contributed by atoms with Gasteiger partial charge in [0.05, 0.1) is 7.11 Å². The van der Waals surface area contributed by atoms with Crippen molar-refractivity contribution in [1.82, 2.24) is 0 Å². The second-order valence-electron chi connectivity index (χ2n) is 4.43. The number of hydrogen-bond donors (Lipinski definition) is 1. The third-order valence-corrected chi connectivity index (χ3v) is 2.95. The van der Waals surface area contributed by atoms with Gasteiger partial charge in [0.25, 0.3) is 0 Å². The first-order chi connectivity index (χ1) is 8.54. The molecule has 0 spiro atoms. The van der Waals surface area contributed by atoms with Crippen molar-refractivity contribution >= 4 is 11.7 Å². The third kappa shape index (κ3) is 4.28. The van der Waals surface area contributed by atoms with Gasteiger partial charge in [-0.1, -0.05) is 0 Å². The van der Waals surface area contributed by atoms with E-state index >= 15 is 0 Å². The Hall–Kier alpha value is -1.71. The number of benzene rings is 1. The lowest BCUT2D eigenvalue weighted by Crippen LogP contribution is -2.18. The minimum Gasteiger partial charge on any atom is -0.496 e. The van der Waals surface area contributed by atoms with Crippen molar-refractivity contribution < 1.29 is 14.6 Å². The number of carboxylic acid groups (broad SMARTS) is 1. The van der Waals surface area contributed by atoms with Gasteiger partial charge in [0.2, 0.25) is 0 Å². The molecule has 0 aliphatic heterocycles. The van der Waals surface area contributed by atoms with Gasteiger partial charge in [0.1, 0.15) is 5.75 Å². The van der Waals surface area contributed by atoms with Gasteiger partial charge >= 0.3 is 5.97 Å². The molecule has 0 saturated heterocycles. The van der Waals surface area contributed by atoms with E-state index in [9.17, 15) is 4.79 Å². The molecule has 0 unspecified atom stereocenters. The van der Waals surface area contributed by atoms with E-state index in [1.165, 1.54) is 0 Å². The molecule has 1 N–H and O–H groups in total. The fourth-order valence-electron chi connectivity index (χ4n) is 1.85. The van der Waals surface area contributed by atoms with Crippen LogP contribution >= 0.6 is 0 Å². The van der Waals surface area contributed by atoms with Crippen molar-refractivity contribution in [1.29, 1.82) is 0 Å². The molecule has 1 rings (SSSR count). The van der Waals surface area contributed by atoms with Crippen molar-refractivity contribution in [3.63, 3.8) is 0 Å². The normalized spacial score (nSPS) is 10.2. The number of aryl methyl sites for hydroxylation is 1. The van der Waals surface area contributed by atoms with Crippen LogP contribution in [0.25, 0.3) is 0 Å². The van der Waals surface area contributed by atoms with E-state index in [2.05, 4.69) is 11.0 Å². The molecule has 0 atom stereocenters. The van der Waals surface area contributed by atoms with Crippen LogP contribution in [0.1, 0.15) is 24.8 Å². The van der Waals surface area contributed by atoms with E-state index in [0.717, 1.165) is 36.4 Å². The van der Waals surface area contributed by atoms with E-state index in [1.54, 1.807) is 7.11 Å². The van der Waals surface area contributed by atoms with Gasteiger partial charge in [-0.05, 0) is 43.5 Å². The number of carboxylic acids is 1. The largest absolute Gasteiger partial charge is 0.496 e. The van der Waals surface area contributed by atoms with E-state index in [-0.39, 0.29) is 6.42 Å². The summed E-state index contributed by atoms with van der Waals surface area (Å²) in [5.74, 6) is 0.163. The lowest BCUT2D eigenvalue weighted by molar-refractivity contribution is -0.137. The molecule has 4 nitrogen and oxygen atoms in total. The number of aliphatic carboxylic acids is 1. The van der Waals surface area contributed by atoms with Crippen LogP contribution in [-0.2, 0) is 4.79 Å². The van der Waals surface area contributed by atoms with Crippen LogP contribution in [0.5, 0.6) is 5.75 Å². The monoisotopic (exact) mass is 251 g/mol. The second-order valence-corrected chi connectivity index (χ2v) is 4.43. The van der Waals surface area contributed by atoms with Crippen LogP contribution in [0.4, 0.5) is 5.69 Å². The highest BCUT2D eigenvalue weighted by molar-refractivity contribution is 5.66. The van der Waals surface area contributed by atoms with Gasteiger partial charge in [-0.2, -0.15) is 0 Å². The Morgan fingerprint density at radius 1 is 1.39 bits per heavy atom. The lowest BCUT2D eigenvalue weighted by Gasteiger charge is -2.20. The van der Waals surface area contributed by atoms with Crippen LogP contribution in [0, 0.1) is 6.92 Å². The Balaban J connectivity index is 2.48. The topological polar surface area (TPSA) is 49.8 Å².